The Morgan fingerprint density at radius 1 is 1.17 bits per heavy atom. The van der Waals surface area contributed by atoms with Gasteiger partial charge >= 0.3 is 12.0 Å². The first-order valence-electron chi connectivity index (χ1n) is 7.44. The maximum atomic E-state index is 11.9. The van der Waals surface area contributed by atoms with Gasteiger partial charge in [-0.1, -0.05) is 19.1 Å². The van der Waals surface area contributed by atoms with Crippen LogP contribution in [0.1, 0.15) is 24.5 Å². The predicted octanol–water partition coefficient (Wildman–Crippen LogP) is 2.17. The number of urea groups is 1. The Morgan fingerprint density at radius 2 is 1.83 bits per heavy atom. The molecule has 0 unspecified atom stereocenters. The molecule has 0 atom stereocenters. The first kappa shape index (κ1) is 21.9. The van der Waals surface area contributed by atoms with Crippen molar-refractivity contribution in [3.63, 3.8) is 0 Å². The standard InChI is InChI=1S/C16H23N3O4.ClH/c1-4-8-19(10-15(21)22)9-14(20)18-16(23)17-13-7-5-6-11(2)12(13)3;/h5-7H,4,8-10H2,1-3H3,(H,21,22)(H2,17,18,20,23);1H. The maximum Gasteiger partial charge on any atom is 0.325 e. The zero-order valence-electron chi connectivity index (χ0n) is 14.1. The molecular formula is C16H24ClN3O4. The summed E-state index contributed by atoms with van der Waals surface area (Å²) >= 11 is 0. The van der Waals surface area contributed by atoms with Crippen LogP contribution in [0.25, 0.3) is 0 Å². The van der Waals surface area contributed by atoms with Crippen LogP contribution in [0.3, 0.4) is 0 Å². The molecule has 24 heavy (non-hydrogen) atoms. The summed E-state index contributed by atoms with van der Waals surface area (Å²) in [5.74, 6) is -1.55. The lowest BCUT2D eigenvalue weighted by molar-refractivity contribution is -0.138. The van der Waals surface area contributed by atoms with Gasteiger partial charge in [-0.05, 0) is 44.0 Å². The van der Waals surface area contributed by atoms with E-state index in [2.05, 4.69) is 10.6 Å². The maximum absolute atomic E-state index is 11.9. The summed E-state index contributed by atoms with van der Waals surface area (Å²) < 4.78 is 0. The topological polar surface area (TPSA) is 98.7 Å². The van der Waals surface area contributed by atoms with E-state index in [9.17, 15) is 14.4 Å². The number of carboxylic acids is 1. The smallest absolute Gasteiger partial charge is 0.325 e. The number of hydrogen-bond donors (Lipinski definition) is 3. The van der Waals surface area contributed by atoms with Crippen LogP contribution in [0.5, 0.6) is 0 Å². The first-order chi connectivity index (χ1) is 10.8. The Kier molecular flexibility index (Phi) is 9.68. The van der Waals surface area contributed by atoms with Crippen LogP contribution in [0.4, 0.5) is 10.5 Å². The van der Waals surface area contributed by atoms with Crippen molar-refractivity contribution in [2.24, 2.45) is 0 Å². The van der Waals surface area contributed by atoms with Crippen molar-refractivity contribution in [3.05, 3.63) is 29.3 Å². The molecule has 0 aliphatic rings. The van der Waals surface area contributed by atoms with Gasteiger partial charge in [0.05, 0.1) is 13.1 Å². The van der Waals surface area contributed by atoms with Crippen LogP contribution in [-0.2, 0) is 9.59 Å². The SMILES string of the molecule is CCCN(CC(=O)O)CC(=O)NC(=O)Nc1cccc(C)c1C.Cl. The molecule has 0 fully saturated rings. The molecule has 7 nitrogen and oxygen atoms in total. The lowest BCUT2D eigenvalue weighted by Gasteiger charge is -2.18. The molecule has 8 heteroatoms. The number of amides is 3. The number of aryl methyl sites for hydroxylation is 1. The molecule has 0 aromatic heterocycles. The first-order valence-corrected chi connectivity index (χ1v) is 7.44. The zero-order chi connectivity index (χ0) is 17.4. The minimum Gasteiger partial charge on any atom is -0.480 e. The molecule has 0 saturated carbocycles. The van der Waals surface area contributed by atoms with E-state index in [-0.39, 0.29) is 25.5 Å². The third kappa shape index (κ3) is 7.43. The van der Waals surface area contributed by atoms with Crippen molar-refractivity contribution >= 4 is 36.0 Å². The zero-order valence-corrected chi connectivity index (χ0v) is 14.9. The molecule has 0 saturated heterocycles. The number of nitrogens with one attached hydrogen (secondary N) is 2. The molecule has 1 rings (SSSR count). The quantitative estimate of drug-likeness (QED) is 0.694. The minimum absolute atomic E-state index is 0. The fraction of sp³-hybridized carbons (Fsp3) is 0.438. The van der Waals surface area contributed by atoms with E-state index in [1.54, 1.807) is 6.07 Å². The number of carbonyl (C=O) groups is 3. The molecule has 0 spiro atoms. The van der Waals surface area contributed by atoms with E-state index in [4.69, 9.17) is 5.11 Å². The molecule has 134 valence electrons. The predicted molar refractivity (Wildman–Crippen MR) is 94.7 cm³/mol. The van der Waals surface area contributed by atoms with Crippen LogP contribution < -0.4 is 10.6 Å². The Morgan fingerprint density at radius 3 is 2.42 bits per heavy atom. The number of halogens is 1. The number of rotatable bonds is 7. The molecule has 3 amide bonds. The molecule has 0 bridgehead atoms. The van der Waals surface area contributed by atoms with E-state index in [0.29, 0.717) is 12.2 Å². The van der Waals surface area contributed by atoms with Crippen LogP contribution in [0.2, 0.25) is 0 Å². The van der Waals surface area contributed by atoms with Crippen LogP contribution in [0.15, 0.2) is 18.2 Å². The van der Waals surface area contributed by atoms with Gasteiger partial charge in [-0.2, -0.15) is 0 Å². The second-order valence-electron chi connectivity index (χ2n) is 5.35. The summed E-state index contributed by atoms with van der Waals surface area (Å²) in [4.78, 5) is 35.9. The van der Waals surface area contributed by atoms with E-state index in [1.165, 1.54) is 4.90 Å². The van der Waals surface area contributed by atoms with Crippen molar-refractivity contribution in [2.75, 3.05) is 25.0 Å². The summed E-state index contributed by atoms with van der Waals surface area (Å²) in [5.41, 5.74) is 2.59. The number of aliphatic carboxylic acids is 1. The average Bonchev–Trinajstić information content (AvgIpc) is 2.43. The molecule has 0 aliphatic carbocycles. The van der Waals surface area contributed by atoms with E-state index < -0.39 is 17.9 Å². The molecular weight excluding hydrogens is 334 g/mol. The monoisotopic (exact) mass is 357 g/mol. The molecule has 0 heterocycles. The number of anilines is 1. The van der Waals surface area contributed by atoms with Gasteiger partial charge in [0, 0.05) is 5.69 Å². The normalized spacial score (nSPS) is 10.0. The van der Waals surface area contributed by atoms with Gasteiger partial charge in [0.2, 0.25) is 5.91 Å². The van der Waals surface area contributed by atoms with Crippen LogP contribution in [0, 0.1) is 13.8 Å². The number of hydrogen-bond acceptors (Lipinski definition) is 4. The van der Waals surface area contributed by atoms with Gasteiger partial charge in [0.25, 0.3) is 0 Å². The fourth-order valence-electron chi connectivity index (χ4n) is 2.13. The molecule has 0 radical (unpaired) electrons. The minimum atomic E-state index is -1.01. The second-order valence-corrected chi connectivity index (χ2v) is 5.35. The Hall–Kier alpha value is -2.12. The Labute approximate surface area is 147 Å². The summed E-state index contributed by atoms with van der Waals surface area (Å²) in [5, 5.41) is 13.6. The lowest BCUT2D eigenvalue weighted by atomic mass is 10.1. The average molecular weight is 358 g/mol. The summed E-state index contributed by atoms with van der Waals surface area (Å²) in [6, 6.07) is 4.86. The number of imide groups is 1. The Balaban J connectivity index is 0.00000529. The van der Waals surface area contributed by atoms with Gasteiger partial charge in [-0.25, -0.2) is 4.79 Å². The van der Waals surface area contributed by atoms with Gasteiger partial charge in [-0.3, -0.25) is 19.8 Å². The highest BCUT2D eigenvalue weighted by Gasteiger charge is 2.15. The van der Waals surface area contributed by atoms with E-state index in [1.807, 2.05) is 32.9 Å². The third-order valence-corrected chi connectivity index (χ3v) is 3.37. The van der Waals surface area contributed by atoms with Crippen LogP contribution in [-0.4, -0.2) is 47.5 Å². The highest BCUT2D eigenvalue weighted by Crippen LogP contribution is 2.17. The Bertz CT molecular complexity index is 593. The fourth-order valence-corrected chi connectivity index (χ4v) is 2.13. The van der Waals surface area contributed by atoms with Gasteiger partial charge in [-0.15, -0.1) is 12.4 Å². The van der Waals surface area contributed by atoms with E-state index in [0.717, 1.165) is 17.5 Å². The van der Waals surface area contributed by atoms with Crippen molar-refractivity contribution in [3.8, 4) is 0 Å². The summed E-state index contributed by atoms with van der Waals surface area (Å²) in [6.45, 7) is 5.79. The third-order valence-electron chi connectivity index (χ3n) is 3.37. The van der Waals surface area contributed by atoms with Crippen molar-refractivity contribution in [1.29, 1.82) is 0 Å². The van der Waals surface area contributed by atoms with Gasteiger partial charge in [0.1, 0.15) is 0 Å². The van der Waals surface area contributed by atoms with Crippen LogP contribution >= 0.6 is 12.4 Å². The molecule has 0 aliphatic heterocycles. The van der Waals surface area contributed by atoms with Crippen molar-refractivity contribution < 1.29 is 19.5 Å². The summed E-state index contributed by atoms with van der Waals surface area (Å²) in [7, 11) is 0. The molecule has 3 N–H and O–H groups in total. The van der Waals surface area contributed by atoms with Gasteiger partial charge in [0.15, 0.2) is 0 Å². The largest absolute Gasteiger partial charge is 0.480 e. The second kappa shape index (κ2) is 10.6. The van der Waals surface area contributed by atoms with E-state index >= 15 is 0 Å². The number of benzene rings is 1. The lowest BCUT2D eigenvalue weighted by Crippen LogP contribution is -2.43. The van der Waals surface area contributed by atoms with Gasteiger partial charge < -0.3 is 10.4 Å². The number of nitrogens with zero attached hydrogens (tertiary/aromatic N) is 1. The highest BCUT2D eigenvalue weighted by atomic mass is 35.5. The number of carboxylic acid groups (broad SMARTS) is 1. The van der Waals surface area contributed by atoms with Crippen molar-refractivity contribution in [2.45, 2.75) is 27.2 Å². The van der Waals surface area contributed by atoms with Crippen molar-refractivity contribution in [1.82, 2.24) is 10.2 Å². The highest BCUT2D eigenvalue weighted by molar-refractivity contribution is 6.02. The molecule has 1 aromatic rings. The molecule has 1 aromatic carbocycles. The number of carbonyl (C=O) groups excluding carboxylic acids is 2. The summed E-state index contributed by atoms with van der Waals surface area (Å²) in [6.07, 6.45) is 0.718.